The molecule has 2 fully saturated rings. The van der Waals surface area contributed by atoms with Crippen molar-refractivity contribution in [2.24, 2.45) is 20.7 Å². The number of nitrogens with zero attached hydrogens (tertiary/aromatic N) is 4. The molecular weight excluding hydrogens is 330 g/mol. The van der Waals surface area contributed by atoms with E-state index in [1.54, 1.807) is 4.90 Å². The molecule has 10 nitrogen and oxygen atoms in total. The van der Waals surface area contributed by atoms with Crippen LogP contribution in [0.1, 0.15) is 25.7 Å². The van der Waals surface area contributed by atoms with Crippen LogP contribution in [0, 0.1) is 0 Å². The van der Waals surface area contributed by atoms with Crippen LogP contribution in [-0.2, 0) is 9.47 Å². The smallest absolute Gasteiger partial charge is 0.263 e. The van der Waals surface area contributed by atoms with E-state index in [4.69, 9.17) is 15.2 Å². The van der Waals surface area contributed by atoms with Crippen molar-refractivity contribution in [3.05, 3.63) is 0 Å². The van der Waals surface area contributed by atoms with Crippen LogP contribution in [0.25, 0.3) is 0 Å². The Hall–Kier alpha value is -1.43. The summed E-state index contributed by atoms with van der Waals surface area (Å²) in [5, 5.41) is 29.5. The molecule has 0 amide bonds. The fourth-order valence-corrected chi connectivity index (χ4v) is 3.74. The summed E-state index contributed by atoms with van der Waals surface area (Å²) in [6, 6.07) is 0. The maximum Gasteiger partial charge on any atom is 0.263 e. The Morgan fingerprint density at radius 3 is 2.76 bits per heavy atom. The van der Waals surface area contributed by atoms with Gasteiger partial charge in [-0.25, -0.2) is 9.98 Å². The Morgan fingerprint density at radius 2 is 2.08 bits per heavy atom. The van der Waals surface area contributed by atoms with Gasteiger partial charge in [0.2, 0.25) is 0 Å². The third-order valence-corrected chi connectivity index (χ3v) is 5.11. The Balaban J connectivity index is 1.53. The molecule has 25 heavy (non-hydrogen) atoms. The number of amidine groups is 1. The Kier molecular flexibility index (Phi) is 4.34. The van der Waals surface area contributed by atoms with Crippen molar-refractivity contribution in [3.8, 4) is 0 Å². The highest BCUT2D eigenvalue weighted by Gasteiger charge is 2.51. The van der Waals surface area contributed by atoms with E-state index in [0.29, 0.717) is 11.5 Å². The monoisotopic (exact) mass is 353 g/mol. The molecule has 4 aliphatic rings. The van der Waals surface area contributed by atoms with Crippen molar-refractivity contribution in [1.29, 1.82) is 0 Å². The Labute approximate surface area is 144 Å². The van der Waals surface area contributed by atoms with Crippen LogP contribution in [0.2, 0.25) is 0 Å². The average molecular weight is 353 g/mol. The molecule has 0 spiro atoms. The first-order valence-corrected chi connectivity index (χ1v) is 8.56. The number of aliphatic hydroxyl groups excluding tert-OH is 3. The van der Waals surface area contributed by atoms with Crippen molar-refractivity contribution >= 4 is 17.9 Å². The number of ether oxygens (including phenoxy) is 2. The largest absolute Gasteiger partial charge is 0.394 e. The van der Waals surface area contributed by atoms with Crippen LogP contribution in [0.4, 0.5) is 0 Å². The van der Waals surface area contributed by atoms with Gasteiger partial charge in [-0.15, -0.1) is 0 Å². The van der Waals surface area contributed by atoms with Gasteiger partial charge < -0.3 is 29.7 Å². The second-order valence-electron chi connectivity index (χ2n) is 6.76. The molecule has 3 aliphatic heterocycles. The number of nitrogens with two attached hydrogens (primary N) is 1. The van der Waals surface area contributed by atoms with Gasteiger partial charge in [0.05, 0.1) is 12.7 Å². The van der Waals surface area contributed by atoms with E-state index in [-0.39, 0.29) is 12.8 Å². The molecule has 0 aromatic carbocycles. The topological polar surface area (TPSA) is 145 Å². The summed E-state index contributed by atoms with van der Waals surface area (Å²) in [5.41, 5.74) is 6.74. The summed E-state index contributed by atoms with van der Waals surface area (Å²) in [5.74, 6) is -0.996. The first-order valence-electron chi connectivity index (χ1n) is 8.56. The number of rotatable bonds is 4. The standard InChI is InChI=1S/C15H23N5O5/c16-15(25-8-3-1-2-4-8)12-13(17-6-19-15)20(7-18-12)14-11(23)10(22)9(5-21)24-14/h6,8-11,14,21-23H,1-5,7,16H2/t9-,10-,11-,14-,15?/m1/s1. The minimum absolute atomic E-state index is 0.0344. The van der Waals surface area contributed by atoms with Gasteiger partial charge in [0.15, 0.2) is 12.1 Å². The van der Waals surface area contributed by atoms with Crippen molar-refractivity contribution in [3.63, 3.8) is 0 Å². The fraction of sp³-hybridized carbons (Fsp3) is 0.800. The van der Waals surface area contributed by atoms with Gasteiger partial charge in [0.25, 0.3) is 5.85 Å². The Bertz CT molecular complexity index is 619. The number of hydrogen-bond acceptors (Lipinski definition) is 10. The Morgan fingerprint density at radius 1 is 1.32 bits per heavy atom. The molecule has 5 N–H and O–H groups in total. The number of fused-ring (bicyclic) bond motifs is 1. The summed E-state index contributed by atoms with van der Waals surface area (Å²) in [7, 11) is 0. The zero-order valence-electron chi connectivity index (χ0n) is 13.7. The van der Waals surface area contributed by atoms with Crippen molar-refractivity contribution in [2.75, 3.05) is 13.3 Å². The first kappa shape index (κ1) is 17.0. The molecule has 1 saturated heterocycles. The quantitative estimate of drug-likeness (QED) is 0.434. The summed E-state index contributed by atoms with van der Waals surface area (Å²) in [6.07, 6.45) is 1.31. The highest BCUT2D eigenvalue weighted by Crippen LogP contribution is 2.31. The third-order valence-electron chi connectivity index (χ3n) is 5.11. The summed E-state index contributed by atoms with van der Waals surface area (Å²) < 4.78 is 11.6. The summed E-state index contributed by atoms with van der Waals surface area (Å²) in [4.78, 5) is 14.4. The van der Waals surface area contributed by atoms with Crippen molar-refractivity contribution < 1.29 is 24.8 Å². The van der Waals surface area contributed by atoms with Crippen LogP contribution in [0.3, 0.4) is 0 Å². The van der Waals surface area contributed by atoms with Crippen LogP contribution in [0.5, 0.6) is 0 Å². The van der Waals surface area contributed by atoms with Gasteiger partial charge in [0.1, 0.15) is 37.0 Å². The first-order chi connectivity index (χ1) is 12.0. The van der Waals surface area contributed by atoms with E-state index in [9.17, 15) is 15.3 Å². The normalized spacial score (nSPS) is 41.2. The molecular formula is C15H23N5O5. The molecule has 1 saturated carbocycles. The maximum absolute atomic E-state index is 10.2. The molecule has 0 radical (unpaired) electrons. The van der Waals surface area contributed by atoms with Gasteiger partial charge in [-0.2, -0.15) is 0 Å². The highest BCUT2D eigenvalue weighted by molar-refractivity contribution is 6.47. The lowest BCUT2D eigenvalue weighted by Crippen LogP contribution is -2.57. The van der Waals surface area contributed by atoms with E-state index in [2.05, 4.69) is 15.0 Å². The zero-order chi connectivity index (χ0) is 17.6. The zero-order valence-corrected chi connectivity index (χ0v) is 13.7. The van der Waals surface area contributed by atoms with E-state index < -0.39 is 37.0 Å². The third kappa shape index (κ3) is 2.78. The molecule has 0 aromatic heterocycles. The SMILES string of the molecule is NC1(OC2CCCC2)N=CN=C2C1=NCN2[C@@H]1O[C@H](CO)[C@@H](O)[C@H]1O. The van der Waals surface area contributed by atoms with Gasteiger partial charge in [-0.3, -0.25) is 10.7 Å². The lowest BCUT2D eigenvalue weighted by Gasteiger charge is -2.33. The predicted molar refractivity (Wildman–Crippen MR) is 88.1 cm³/mol. The molecule has 1 unspecified atom stereocenters. The molecule has 3 heterocycles. The summed E-state index contributed by atoms with van der Waals surface area (Å²) >= 11 is 0. The minimum Gasteiger partial charge on any atom is -0.394 e. The average Bonchev–Trinajstić information content (AvgIpc) is 3.30. The molecule has 0 bridgehead atoms. The van der Waals surface area contributed by atoms with Crippen LogP contribution in [-0.4, -0.2) is 87.9 Å². The minimum atomic E-state index is -1.40. The van der Waals surface area contributed by atoms with Crippen LogP contribution >= 0.6 is 0 Å². The second-order valence-corrected chi connectivity index (χ2v) is 6.76. The predicted octanol–water partition coefficient (Wildman–Crippen LogP) is -1.85. The lowest BCUT2D eigenvalue weighted by atomic mass is 10.1. The van der Waals surface area contributed by atoms with E-state index in [0.717, 1.165) is 25.7 Å². The fourth-order valence-electron chi connectivity index (χ4n) is 3.74. The number of aliphatic imine (C=N–C) groups is 3. The molecule has 138 valence electrons. The van der Waals surface area contributed by atoms with E-state index >= 15 is 0 Å². The second kappa shape index (κ2) is 6.38. The van der Waals surface area contributed by atoms with Crippen molar-refractivity contribution in [2.45, 2.75) is 62.2 Å². The molecule has 1 aliphatic carbocycles. The van der Waals surface area contributed by atoms with Crippen molar-refractivity contribution in [1.82, 2.24) is 4.90 Å². The van der Waals surface area contributed by atoms with E-state index in [1.165, 1.54) is 6.34 Å². The number of aliphatic hydroxyl groups is 3. The molecule has 0 aromatic rings. The van der Waals surface area contributed by atoms with Crippen LogP contribution < -0.4 is 5.73 Å². The van der Waals surface area contributed by atoms with Gasteiger partial charge in [-0.1, -0.05) is 12.8 Å². The molecule has 5 atom stereocenters. The summed E-state index contributed by atoms with van der Waals surface area (Å²) in [6.45, 7) is -0.243. The number of hydrogen-bond donors (Lipinski definition) is 4. The van der Waals surface area contributed by atoms with Crippen LogP contribution in [0.15, 0.2) is 15.0 Å². The molecule has 10 heteroatoms. The highest BCUT2D eigenvalue weighted by atomic mass is 16.6. The van der Waals surface area contributed by atoms with Gasteiger partial charge in [0, 0.05) is 0 Å². The maximum atomic E-state index is 10.2. The van der Waals surface area contributed by atoms with Gasteiger partial charge >= 0.3 is 0 Å². The molecule has 4 rings (SSSR count). The van der Waals surface area contributed by atoms with Gasteiger partial charge in [-0.05, 0) is 12.8 Å². The lowest BCUT2D eigenvalue weighted by molar-refractivity contribution is -0.0691. The van der Waals surface area contributed by atoms with E-state index in [1.807, 2.05) is 0 Å².